The van der Waals surface area contributed by atoms with Crippen LogP contribution in [0, 0.1) is 17.5 Å². The number of nitrogens with one attached hydrogen (secondary N) is 1. The van der Waals surface area contributed by atoms with Crippen molar-refractivity contribution in [2.45, 2.75) is 6.61 Å². The minimum atomic E-state index is -0.819. The molecular formula is C17H11F3N2O2S. The summed E-state index contributed by atoms with van der Waals surface area (Å²) in [6.45, 7) is -0.0690. The Labute approximate surface area is 144 Å². The number of amides is 1. The van der Waals surface area contributed by atoms with Crippen molar-refractivity contribution in [2.75, 3.05) is 5.32 Å². The molecule has 1 heterocycles. The lowest BCUT2D eigenvalue weighted by molar-refractivity contribution is 0.102. The van der Waals surface area contributed by atoms with Crippen LogP contribution in [0.2, 0.25) is 0 Å². The number of benzene rings is 2. The van der Waals surface area contributed by atoms with Crippen molar-refractivity contribution in [3.8, 4) is 5.75 Å². The average Bonchev–Trinajstić information content (AvgIpc) is 3.03. The summed E-state index contributed by atoms with van der Waals surface area (Å²) in [6, 6.07) is 8.45. The molecule has 0 spiro atoms. The van der Waals surface area contributed by atoms with E-state index >= 15 is 0 Å². The monoisotopic (exact) mass is 364 g/mol. The van der Waals surface area contributed by atoms with Crippen molar-refractivity contribution < 1.29 is 22.7 Å². The highest BCUT2D eigenvalue weighted by Crippen LogP contribution is 2.20. The van der Waals surface area contributed by atoms with Crippen molar-refractivity contribution in [3.63, 3.8) is 0 Å². The Morgan fingerprint density at radius 2 is 1.92 bits per heavy atom. The first-order valence-corrected chi connectivity index (χ1v) is 7.98. The molecule has 0 aliphatic heterocycles. The molecule has 1 aromatic heterocycles. The average molecular weight is 364 g/mol. The lowest BCUT2D eigenvalue weighted by Gasteiger charge is -2.05. The van der Waals surface area contributed by atoms with Gasteiger partial charge in [-0.2, -0.15) is 0 Å². The second-order valence-corrected chi connectivity index (χ2v) is 5.90. The second-order valence-electron chi connectivity index (χ2n) is 4.95. The lowest BCUT2D eigenvalue weighted by Crippen LogP contribution is -2.12. The number of anilines is 1. The molecule has 0 bridgehead atoms. The Balaban J connectivity index is 1.62. The lowest BCUT2D eigenvalue weighted by atomic mass is 10.3. The van der Waals surface area contributed by atoms with Crippen LogP contribution >= 0.6 is 11.3 Å². The van der Waals surface area contributed by atoms with Crippen molar-refractivity contribution >= 4 is 22.9 Å². The van der Waals surface area contributed by atoms with Gasteiger partial charge >= 0.3 is 0 Å². The van der Waals surface area contributed by atoms with Crippen LogP contribution in [-0.4, -0.2) is 10.9 Å². The molecular weight excluding hydrogens is 353 g/mol. The van der Waals surface area contributed by atoms with Crippen LogP contribution in [0.25, 0.3) is 0 Å². The third kappa shape index (κ3) is 4.36. The number of ether oxygens (including phenoxy) is 1. The molecule has 0 radical (unpaired) electrons. The summed E-state index contributed by atoms with van der Waals surface area (Å²) in [4.78, 5) is 16.2. The molecule has 0 aliphatic rings. The van der Waals surface area contributed by atoms with E-state index in [2.05, 4.69) is 10.3 Å². The molecule has 8 heteroatoms. The molecule has 25 heavy (non-hydrogen) atoms. The van der Waals surface area contributed by atoms with Crippen molar-refractivity contribution in [1.29, 1.82) is 0 Å². The van der Waals surface area contributed by atoms with Crippen LogP contribution in [0.4, 0.5) is 18.9 Å². The Bertz CT molecular complexity index is 914. The number of carbonyl (C=O) groups excluding carboxylic acids is 1. The smallest absolute Gasteiger partial charge is 0.275 e. The van der Waals surface area contributed by atoms with Crippen LogP contribution in [0.5, 0.6) is 5.75 Å². The first-order valence-electron chi connectivity index (χ1n) is 7.10. The van der Waals surface area contributed by atoms with Gasteiger partial charge in [-0.1, -0.05) is 6.07 Å². The van der Waals surface area contributed by atoms with Crippen LogP contribution < -0.4 is 10.1 Å². The number of aromatic nitrogens is 1. The highest BCUT2D eigenvalue weighted by molar-refractivity contribution is 7.09. The number of nitrogens with zero attached hydrogens (tertiary/aromatic N) is 1. The fourth-order valence-corrected chi connectivity index (χ4v) is 2.66. The predicted octanol–water partition coefficient (Wildman–Crippen LogP) is 4.39. The van der Waals surface area contributed by atoms with Gasteiger partial charge in [0.05, 0.1) is 0 Å². The number of hydrogen-bond acceptors (Lipinski definition) is 4. The van der Waals surface area contributed by atoms with E-state index < -0.39 is 23.4 Å². The van der Waals surface area contributed by atoms with E-state index in [0.29, 0.717) is 10.7 Å². The molecule has 3 rings (SSSR count). The molecule has 0 atom stereocenters. The number of rotatable bonds is 5. The maximum absolute atomic E-state index is 13.5. The zero-order valence-electron chi connectivity index (χ0n) is 12.6. The van der Waals surface area contributed by atoms with Gasteiger partial charge in [-0.15, -0.1) is 11.3 Å². The minimum Gasteiger partial charge on any atom is -0.483 e. The first-order chi connectivity index (χ1) is 12.0. The number of halogens is 3. The van der Waals surface area contributed by atoms with E-state index in [-0.39, 0.29) is 18.1 Å². The molecule has 128 valence electrons. The molecule has 3 aromatic rings. The van der Waals surface area contributed by atoms with Gasteiger partial charge < -0.3 is 10.1 Å². The van der Waals surface area contributed by atoms with Crippen molar-refractivity contribution in [3.05, 3.63) is 76.0 Å². The van der Waals surface area contributed by atoms with Gasteiger partial charge in [0.15, 0.2) is 11.6 Å². The van der Waals surface area contributed by atoms with E-state index in [4.69, 9.17) is 4.74 Å². The summed E-state index contributed by atoms with van der Waals surface area (Å²) in [5, 5.41) is 4.47. The minimum absolute atomic E-state index is 0.0690. The number of carbonyl (C=O) groups is 1. The third-order valence-corrected chi connectivity index (χ3v) is 3.93. The molecule has 0 aliphatic carbocycles. The molecule has 0 unspecified atom stereocenters. The van der Waals surface area contributed by atoms with Crippen LogP contribution in [-0.2, 0) is 6.61 Å². The molecule has 2 aromatic carbocycles. The highest BCUT2D eigenvalue weighted by atomic mass is 32.1. The molecule has 0 saturated carbocycles. The normalized spacial score (nSPS) is 10.5. The Morgan fingerprint density at radius 1 is 1.12 bits per heavy atom. The fourth-order valence-electron chi connectivity index (χ4n) is 1.97. The molecule has 4 nitrogen and oxygen atoms in total. The van der Waals surface area contributed by atoms with E-state index in [9.17, 15) is 18.0 Å². The summed E-state index contributed by atoms with van der Waals surface area (Å²) in [5.74, 6) is -2.59. The third-order valence-electron chi connectivity index (χ3n) is 3.11. The standard InChI is InChI=1S/C17H11F3N2O2S/c18-10-2-1-3-12(6-10)21-17(23)14-9-25-16(22-14)8-24-15-5-4-11(19)7-13(15)20/h1-7,9H,8H2,(H,21,23). The first kappa shape index (κ1) is 17.0. The van der Waals surface area contributed by atoms with Crippen molar-refractivity contribution in [1.82, 2.24) is 4.98 Å². The van der Waals surface area contributed by atoms with Crippen molar-refractivity contribution in [2.24, 2.45) is 0 Å². The maximum atomic E-state index is 13.5. The highest BCUT2D eigenvalue weighted by Gasteiger charge is 2.13. The topological polar surface area (TPSA) is 51.2 Å². The summed E-state index contributed by atoms with van der Waals surface area (Å²) in [7, 11) is 0. The van der Waals surface area contributed by atoms with Gasteiger partial charge in [0, 0.05) is 17.1 Å². The van der Waals surface area contributed by atoms with Crippen LogP contribution in [0.15, 0.2) is 47.8 Å². The van der Waals surface area contributed by atoms with E-state index in [1.54, 1.807) is 6.07 Å². The maximum Gasteiger partial charge on any atom is 0.275 e. The summed E-state index contributed by atoms with van der Waals surface area (Å²) < 4.78 is 44.7. The Morgan fingerprint density at radius 3 is 2.68 bits per heavy atom. The Hall–Kier alpha value is -2.87. The van der Waals surface area contributed by atoms with E-state index in [0.717, 1.165) is 23.5 Å². The summed E-state index contributed by atoms with van der Waals surface area (Å²) in [6.07, 6.45) is 0. The molecule has 1 N–H and O–H groups in total. The van der Waals surface area contributed by atoms with Crippen LogP contribution in [0.3, 0.4) is 0 Å². The van der Waals surface area contributed by atoms with Gasteiger partial charge in [0.2, 0.25) is 0 Å². The zero-order valence-corrected chi connectivity index (χ0v) is 13.4. The van der Waals surface area contributed by atoms with E-state index in [1.807, 2.05) is 0 Å². The predicted molar refractivity (Wildman–Crippen MR) is 87.2 cm³/mol. The summed E-state index contributed by atoms with van der Waals surface area (Å²) in [5.41, 5.74) is 0.441. The van der Waals surface area contributed by atoms with Gasteiger partial charge in [0.25, 0.3) is 5.91 Å². The summed E-state index contributed by atoms with van der Waals surface area (Å²) >= 11 is 1.15. The van der Waals surface area contributed by atoms with Gasteiger partial charge in [0.1, 0.15) is 28.9 Å². The van der Waals surface area contributed by atoms with Gasteiger partial charge in [-0.3, -0.25) is 4.79 Å². The second kappa shape index (κ2) is 7.35. The molecule has 0 fully saturated rings. The molecule has 1 amide bonds. The van der Waals surface area contributed by atoms with Gasteiger partial charge in [-0.05, 0) is 30.3 Å². The fraction of sp³-hybridized carbons (Fsp3) is 0.0588. The van der Waals surface area contributed by atoms with Gasteiger partial charge in [-0.25, -0.2) is 18.2 Å². The number of hydrogen-bond donors (Lipinski definition) is 1. The number of thiazole rings is 1. The largest absolute Gasteiger partial charge is 0.483 e. The van der Waals surface area contributed by atoms with E-state index in [1.165, 1.54) is 29.6 Å². The zero-order chi connectivity index (χ0) is 17.8. The Kier molecular flexibility index (Phi) is 4.99. The van der Waals surface area contributed by atoms with Crippen LogP contribution in [0.1, 0.15) is 15.5 Å². The molecule has 0 saturated heterocycles. The SMILES string of the molecule is O=C(Nc1cccc(F)c1)c1csc(COc2ccc(F)cc2F)n1. The quantitative estimate of drug-likeness (QED) is 0.730.